The van der Waals surface area contributed by atoms with Crippen molar-refractivity contribution in [1.82, 2.24) is 14.6 Å². The average molecular weight is 452 g/mol. The maximum atomic E-state index is 13.6. The number of thiocarbonyl (C=S) groups is 1. The summed E-state index contributed by atoms with van der Waals surface area (Å²) in [4.78, 5) is 4.82. The van der Waals surface area contributed by atoms with Gasteiger partial charge in [-0.25, -0.2) is 13.9 Å². The molecule has 2 heterocycles. The van der Waals surface area contributed by atoms with E-state index in [0.29, 0.717) is 27.8 Å². The van der Waals surface area contributed by atoms with Gasteiger partial charge in [0.1, 0.15) is 16.6 Å². The molecule has 0 fully saturated rings. The van der Waals surface area contributed by atoms with Crippen LogP contribution < -0.4 is 15.8 Å². The summed E-state index contributed by atoms with van der Waals surface area (Å²) in [5.74, 6) is 0.137. The van der Waals surface area contributed by atoms with Gasteiger partial charge in [-0.1, -0.05) is 42.5 Å². The fraction of sp³-hybridized carbons (Fsp3) is 0.174. The highest BCUT2D eigenvalue weighted by molar-refractivity contribution is 7.80. The van der Waals surface area contributed by atoms with Gasteiger partial charge in [0.05, 0.1) is 23.2 Å². The molecule has 2 aromatic heterocycles. The van der Waals surface area contributed by atoms with Crippen LogP contribution in [0.1, 0.15) is 19.4 Å². The van der Waals surface area contributed by atoms with Crippen LogP contribution in [0.2, 0.25) is 0 Å². The second kappa shape index (κ2) is 8.52. The van der Waals surface area contributed by atoms with E-state index >= 15 is 0 Å². The maximum Gasteiger partial charge on any atom is 0.239 e. The number of aliphatic hydroxyl groups is 1. The summed E-state index contributed by atoms with van der Waals surface area (Å²) in [5, 5.41) is 17.9. The Balaban J connectivity index is 1.79. The number of imidazole rings is 1. The van der Waals surface area contributed by atoms with E-state index in [9.17, 15) is 9.50 Å². The summed E-state index contributed by atoms with van der Waals surface area (Å²) in [5.41, 5.74) is 8.23. The van der Waals surface area contributed by atoms with Crippen molar-refractivity contribution in [2.75, 3.05) is 11.9 Å². The number of nitrogens with two attached hydrogens (primary N) is 1. The third kappa shape index (κ3) is 4.84. The van der Waals surface area contributed by atoms with Crippen molar-refractivity contribution in [1.29, 1.82) is 0 Å². The number of fused-ring (bicyclic) bond motifs is 1. The van der Waals surface area contributed by atoms with E-state index in [2.05, 4.69) is 15.4 Å². The largest absolute Gasteiger partial charge is 0.437 e. The molecule has 0 saturated heterocycles. The third-order valence-corrected chi connectivity index (χ3v) is 4.88. The number of aromatic nitrogens is 3. The lowest BCUT2D eigenvalue weighted by atomic mass is 10.1. The second-order valence-corrected chi connectivity index (χ2v) is 8.38. The SMILES string of the molecule is CC(C)(O)CNc1cc(Oc2cccc(F)c2)nn2c(-c3ccc(C(N)=S)cc3)cnc12. The Morgan fingerprint density at radius 2 is 1.97 bits per heavy atom. The molecule has 4 N–H and O–H groups in total. The van der Waals surface area contributed by atoms with Crippen LogP contribution in [-0.4, -0.2) is 36.8 Å². The number of anilines is 1. The minimum absolute atomic E-state index is 0.236. The Bertz CT molecular complexity index is 1280. The summed E-state index contributed by atoms with van der Waals surface area (Å²) in [7, 11) is 0. The molecular formula is C23H22FN5O2S. The number of benzene rings is 2. The molecule has 9 heteroatoms. The van der Waals surface area contributed by atoms with E-state index in [1.807, 2.05) is 24.3 Å². The zero-order valence-electron chi connectivity index (χ0n) is 17.5. The smallest absolute Gasteiger partial charge is 0.239 e. The van der Waals surface area contributed by atoms with Gasteiger partial charge in [0.2, 0.25) is 5.88 Å². The van der Waals surface area contributed by atoms with Crippen LogP contribution in [0.25, 0.3) is 16.9 Å². The summed E-state index contributed by atoms with van der Waals surface area (Å²) in [6.07, 6.45) is 1.69. The van der Waals surface area contributed by atoms with Gasteiger partial charge >= 0.3 is 0 Å². The molecule has 0 aliphatic rings. The highest BCUT2D eigenvalue weighted by Crippen LogP contribution is 2.29. The summed E-state index contributed by atoms with van der Waals surface area (Å²) < 4.78 is 21.1. The molecule has 0 aliphatic heterocycles. The molecule has 4 rings (SSSR count). The number of halogens is 1. The number of rotatable bonds is 7. The third-order valence-electron chi connectivity index (χ3n) is 4.64. The van der Waals surface area contributed by atoms with Crippen LogP contribution in [0.3, 0.4) is 0 Å². The van der Waals surface area contributed by atoms with Crippen LogP contribution in [-0.2, 0) is 0 Å². The van der Waals surface area contributed by atoms with Crippen molar-refractivity contribution >= 4 is 28.5 Å². The van der Waals surface area contributed by atoms with Gasteiger partial charge in [-0.2, -0.15) is 0 Å². The molecular weight excluding hydrogens is 429 g/mol. The second-order valence-electron chi connectivity index (χ2n) is 7.94. The summed E-state index contributed by atoms with van der Waals surface area (Å²) in [6, 6.07) is 14.9. The molecule has 0 radical (unpaired) electrons. The van der Waals surface area contributed by atoms with Crippen molar-refractivity contribution in [2.45, 2.75) is 19.4 Å². The van der Waals surface area contributed by atoms with Crippen molar-refractivity contribution in [3.63, 3.8) is 0 Å². The average Bonchev–Trinajstić information content (AvgIpc) is 3.15. The quantitative estimate of drug-likeness (QED) is 0.363. The van der Waals surface area contributed by atoms with Crippen LogP contribution in [0.15, 0.2) is 60.8 Å². The van der Waals surface area contributed by atoms with E-state index < -0.39 is 11.4 Å². The molecule has 0 bridgehead atoms. The van der Waals surface area contributed by atoms with Crippen molar-refractivity contribution in [2.24, 2.45) is 5.73 Å². The van der Waals surface area contributed by atoms with Gasteiger partial charge < -0.3 is 20.9 Å². The minimum atomic E-state index is -0.949. The molecule has 0 atom stereocenters. The van der Waals surface area contributed by atoms with E-state index in [1.54, 1.807) is 42.8 Å². The van der Waals surface area contributed by atoms with E-state index in [-0.39, 0.29) is 12.4 Å². The molecule has 0 spiro atoms. The molecule has 0 amide bonds. The highest BCUT2D eigenvalue weighted by atomic mass is 32.1. The highest BCUT2D eigenvalue weighted by Gasteiger charge is 2.17. The topological polar surface area (TPSA) is 97.7 Å². The first-order chi connectivity index (χ1) is 15.2. The van der Waals surface area contributed by atoms with Gasteiger partial charge in [-0.05, 0) is 26.0 Å². The molecule has 4 aromatic rings. The molecule has 0 saturated carbocycles. The van der Waals surface area contributed by atoms with Gasteiger partial charge in [-0.3, -0.25) is 0 Å². The number of nitrogens with one attached hydrogen (secondary N) is 1. The Morgan fingerprint density at radius 3 is 2.62 bits per heavy atom. The van der Waals surface area contributed by atoms with Crippen molar-refractivity contribution in [3.05, 3.63) is 72.2 Å². The Morgan fingerprint density at radius 1 is 1.22 bits per heavy atom. The monoisotopic (exact) mass is 451 g/mol. The molecule has 164 valence electrons. The van der Waals surface area contributed by atoms with Gasteiger partial charge in [-0.15, -0.1) is 5.10 Å². The lowest BCUT2D eigenvalue weighted by Gasteiger charge is -2.19. The Hall–Kier alpha value is -3.56. The van der Waals surface area contributed by atoms with Crippen LogP contribution in [0.5, 0.6) is 11.6 Å². The van der Waals surface area contributed by atoms with Crippen molar-refractivity contribution in [3.8, 4) is 22.9 Å². The predicted octanol–water partition coefficient (Wildman–Crippen LogP) is 4.14. The molecule has 2 aromatic carbocycles. The van der Waals surface area contributed by atoms with Gasteiger partial charge in [0.25, 0.3) is 0 Å². The lowest BCUT2D eigenvalue weighted by Crippen LogP contribution is -2.29. The number of ether oxygens (including phenoxy) is 1. The molecule has 0 unspecified atom stereocenters. The maximum absolute atomic E-state index is 13.6. The Labute approximate surface area is 189 Å². The first-order valence-electron chi connectivity index (χ1n) is 9.88. The first-order valence-corrected chi connectivity index (χ1v) is 10.3. The van der Waals surface area contributed by atoms with Crippen LogP contribution >= 0.6 is 12.2 Å². The van der Waals surface area contributed by atoms with Crippen molar-refractivity contribution < 1.29 is 14.2 Å². The van der Waals surface area contributed by atoms with Crippen LogP contribution in [0, 0.1) is 5.82 Å². The fourth-order valence-electron chi connectivity index (χ4n) is 3.09. The van der Waals surface area contributed by atoms with Gasteiger partial charge in [0, 0.05) is 29.8 Å². The van der Waals surface area contributed by atoms with E-state index in [0.717, 1.165) is 11.1 Å². The zero-order valence-corrected chi connectivity index (χ0v) is 18.4. The van der Waals surface area contributed by atoms with Crippen LogP contribution in [0.4, 0.5) is 10.1 Å². The molecule has 0 aliphatic carbocycles. The normalized spacial score (nSPS) is 11.5. The molecule has 32 heavy (non-hydrogen) atoms. The van der Waals surface area contributed by atoms with Gasteiger partial charge in [0.15, 0.2) is 5.65 Å². The minimum Gasteiger partial charge on any atom is -0.437 e. The van der Waals surface area contributed by atoms with E-state index in [1.165, 1.54) is 12.1 Å². The number of nitrogens with zero attached hydrogens (tertiary/aromatic N) is 3. The predicted molar refractivity (Wildman–Crippen MR) is 126 cm³/mol. The Kier molecular flexibility index (Phi) is 5.77. The number of hydrogen-bond donors (Lipinski definition) is 3. The lowest BCUT2D eigenvalue weighted by molar-refractivity contribution is 0.0945. The fourth-order valence-corrected chi connectivity index (χ4v) is 3.23. The zero-order chi connectivity index (χ0) is 22.9. The summed E-state index contributed by atoms with van der Waals surface area (Å²) >= 11 is 5.02. The number of hydrogen-bond acceptors (Lipinski definition) is 6. The standard InChI is InChI=1S/C23H22FN5O2S/c1-23(2,30)13-27-18-11-20(31-17-5-3-4-16(24)10-17)28-29-19(12-26-22(18)29)14-6-8-15(9-7-14)21(25)32/h3-12,27,30H,13H2,1-2H3,(H2,25,32). The first kappa shape index (κ1) is 21.7. The molecule has 7 nitrogen and oxygen atoms in total. The summed E-state index contributed by atoms with van der Waals surface area (Å²) in [6.45, 7) is 3.67. The van der Waals surface area contributed by atoms with E-state index in [4.69, 9.17) is 22.7 Å².